The van der Waals surface area contributed by atoms with E-state index in [1.807, 2.05) is 6.20 Å². The van der Waals surface area contributed by atoms with Gasteiger partial charge in [0.05, 0.1) is 0 Å². The Morgan fingerprint density at radius 3 is 2.74 bits per heavy atom. The summed E-state index contributed by atoms with van der Waals surface area (Å²) in [6.45, 7) is 13.1. The fourth-order valence-electron chi connectivity index (χ4n) is 2.04. The van der Waals surface area contributed by atoms with Crippen molar-refractivity contribution in [3.8, 4) is 0 Å². The second-order valence-corrected chi connectivity index (χ2v) is 5.25. The molecule has 108 valence electrons. The summed E-state index contributed by atoms with van der Waals surface area (Å²) >= 11 is 0. The first kappa shape index (κ1) is 16.0. The van der Waals surface area contributed by atoms with Crippen LogP contribution < -0.4 is 10.2 Å². The zero-order valence-electron chi connectivity index (χ0n) is 12.9. The van der Waals surface area contributed by atoms with Gasteiger partial charge in [-0.2, -0.15) is 0 Å². The third-order valence-corrected chi connectivity index (χ3v) is 3.50. The van der Waals surface area contributed by atoms with E-state index < -0.39 is 0 Å². The quantitative estimate of drug-likeness (QED) is 0.692. The van der Waals surface area contributed by atoms with Crippen LogP contribution in [-0.2, 0) is 6.54 Å². The molecule has 0 aromatic carbocycles. The summed E-state index contributed by atoms with van der Waals surface area (Å²) in [7, 11) is 0. The largest absolute Gasteiger partial charge is 0.357 e. The van der Waals surface area contributed by atoms with Gasteiger partial charge in [0.2, 0.25) is 0 Å². The molecule has 0 bridgehead atoms. The molecule has 1 N–H and O–H groups in total. The predicted molar refractivity (Wildman–Crippen MR) is 83.6 cm³/mol. The molecule has 0 amide bonds. The molecule has 3 nitrogen and oxygen atoms in total. The minimum atomic E-state index is 0.712. The predicted octanol–water partition coefficient (Wildman–Crippen LogP) is 3.45. The lowest BCUT2D eigenvalue weighted by Gasteiger charge is -2.25. The Morgan fingerprint density at radius 2 is 2.11 bits per heavy atom. The number of rotatable bonds is 9. The van der Waals surface area contributed by atoms with E-state index >= 15 is 0 Å². The van der Waals surface area contributed by atoms with Crippen LogP contribution in [-0.4, -0.2) is 24.6 Å². The van der Waals surface area contributed by atoms with E-state index in [9.17, 15) is 0 Å². The minimum Gasteiger partial charge on any atom is -0.357 e. The fourth-order valence-corrected chi connectivity index (χ4v) is 2.04. The van der Waals surface area contributed by atoms with Crippen molar-refractivity contribution in [1.29, 1.82) is 0 Å². The number of aromatic nitrogens is 1. The minimum absolute atomic E-state index is 0.712. The first-order valence-corrected chi connectivity index (χ1v) is 7.61. The maximum atomic E-state index is 4.52. The van der Waals surface area contributed by atoms with E-state index in [0.717, 1.165) is 32.0 Å². The molecule has 3 heteroatoms. The molecule has 1 atom stereocenters. The van der Waals surface area contributed by atoms with E-state index in [1.54, 1.807) is 0 Å². The van der Waals surface area contributed by atoms with E-state index in [1.165, 1.54) is 18.4 Å². The highest BCUT2D eigenvalue weighted by Gasteiger charge is 2.09. The molecule has 1 aromatic heterocycles. The van der Waals surface area contributed by atoms with Gasteiger partial charge in [-0.1, -0.05) is 27.2 Å². The highest BCUT2D eigenvalue weighted by Crippen LogP contribution is 2.15. The molecule has 1 heterocycles. The Balaban J connectivity index is 2.66. The summed E-state index contributed by atoms with van der Waals surface area (Å²) in [4.78, 5) is 6.90. The second kappa shape index (κ2) is 8.92. The number of hydrogen-bond donors (Lipinski definition) is 1. The van der Waals surface area contributed by atoms with Gasteiger partial charge < -0.3 is 10.2 Å². The van der Waals surface area contributed by atoms with Crippen LogP contribution in [0, 0.1) is 5.92 Å². The lowest BCUT2D eigenvalue weighted by atomic mass is 10.1. The highest BCUT2D eigenvalue weighted by molar-refractivity contribution is 5.40. The monoisotopic (exact) mass is 263 g/mol. The van der Waals surface area contributed by atoms with Gasteiger partial charge in [-0.3, -0.25) is 0 Å². The molecule has 1 unspecified atom stereocenters. The third-order valence-electron chi connectivity index (χ3n) is 3.50. The van der Waals surface area contributed by atoms with Crippen molar-refractivity contribution < 1.29 is 0 Å². The van der Waals surface area contributed by atoms with E-state index in [-0.39, 0.29) is 0 Å². The van der Waals surface area contributed by atoms with Crippen molar-refractivity contribution in [1.82, 2.24) is 10.3 Å². The van der Waals surface area contributed by atoms with Gasteiger partial charge in [0.15, 0.2) is 0 Å². The van der Waals surface area contributed by atoms with Gasteiger partial charge >= 0.3 is 0 Å². The van der Waals surface area contributed by atoms with Gasteiger partial charge in [0.1, 0.15) is 5.82 Å². The van der Waals surface area contributed by atoms with Gasteiger partial charge in [0.25, 0.3) is 0 Å². The van der Waals surface area contributed by atoms with Crippen molar-refractivity contribution in [2.75, 3.05) is 24.5 Å². The molecule has 0 saturated heterocycles. The number of hydrogen-bond acceptors (Lipinski definition) is 3. The van der Waals surface area contributed by atoms with Gasteiger partial charge in [-0.05, 0) is 43.5 Å². The Bertz CT molecular complexity index is 352. The van der Waals surface area contributed by atoms with Crippen LogP contribution in [0.15, 0.2) is 18.3 Å². The molecule has 0 saturated carbocycles. The Labute approximate surface area is 118 Å². The standard InChI is InChI=1S/C16H29N3/c1-5-9-17-12-15-8-10-18-16(11-15)19(7-3)13-14(4)6-2/h8,10-11,14,17H,5-7,9,12-13H2,1-4H3. The first-order valence-electron chi connectivity index (χ1n) is 7.61. The summed E-state index contributed by atoms with van der Waals surface area (Å²) in [5.41, 5.74) is 1.32. The molecule has 0 aliphatic heterocycles. The smallest absolute Gasteiger partial charge is 0.128 e. The topological polar surface area (TPSA) is 28.2 Å². The average molecular weight is 263 g/mol. The highest BCUT2D eigenvalue weighted by atomic mass is 15.2. The number of nitrogens with one attached hydrogen (secondary N) is 1. The first-order chi connectivity index (χ1) is 9.21. The van der Waals surface area contributed by atoms with E-state index in [0.29, 0.717) is 5.92 Å². The normalized spacial score (nSPS) is 12.4. The van der Waals surface area contributed by atoms with Crippen molar-refractivity contribution in [3.63, 3.8) is 0 Å². The summed E-state index contributed by atoms with van der Waals surface area (Å²) in [6.07, 6.45) is 4.32. The van der Waals surface area contributed by atoms with E-state index in [2.05, 4.69) is 55.0 Å². The molecular formula is C16H29N3. The average Bonchev–Trinajstić information content (AvgIpc) is 2.45. The maximum Gasteiger partial charge on any atom is 0.128 e. The lowest BCUT2D eigenvalue weighted by Crippen LogP contribution is -2.29. The Hall–Kier alpha value is -1.09. The molecule has 0 fully saturated rings. The van der Waals surface area contributed by atoms with Crippen LogP contribution in [0.5, 0.6) is 0 Å². The lowest BCUT2D eigenvalue weighted by molar-refractivity contribution is 0.545. The summed E-state index contributed by atoms with van der Waals surface area (Å²) in [5, 5.41) is 3.44. The second-order valence-electron chi connectivity index (χ2n) is 5.25. The SMILES string of the molecule is CCCNCc1ccnc(N(CC)CC(C)CC)c1. The zero-order valence-corrected chi connectivity index (χ0v) is 12.9. The van der Waals surface area contributed by atoms with Gasteiger partial charge in [-0.15, -0.1) is 0 Å². The van der Waals surface area contributed by atoms with Crippen molar-refractivity contribution in [3.05, 3.63) is 23.9 Å². The summed E-state index contributed by atoms with van der Waals surface area (Å²) in [6, 6.07) is 4.32. The Morgan fingerprint density at radius 1 is 1.32 bits per heavy atom. The van der Waals surface area contributed by atoms with Crippen LogP contribution >= 0.6 is 0 Å². The van der Waals surface area contributed by atoms with Crippen molar-refractivity contribution in [2.45, 2.75) is 47.1 Å². The van der Waals surface area contributed by atoms with Gasteiger partial charge in [-0.25, -0.2) is 4.98 Å². The number of anilines is 1. The maximum absolute atomic E-state index is 4.52. The van der Waals surface area contributed by atoms with Crippen LogP contribution in [0.1, 0.15) is 46.1 Å². The molecule has 0 aliphatic carbocycles. The summed E-state index contributed by atoms with van der Waals surface area (Å²) < 4.78 is 0. The molecular weight excluding hydrogens is 234 g/mol. The molecule has 19 heavy (non-hydrogen) atoms. The zero-order chi connectivity index (χ0) is 14.1. The van der Waals surface area contributed by atoms with Crippen molar-refractivity contribution >= 4 is 5.82 Å². The fraction of sp³-hybridized carbons (Fsp3) is 0.688. The molecule has 1 aromatic rings. The van der Waals surface area contributed by atoms with Crippen LogP contribution in [0.4, 0.5) is 5.82 Å². The molecule has 0 aliphatic rings. The molecule has 0 spiro atoms. The Kier molecular flexibility index (Phi) is 7.49. The van der Waals surface area contributed by atoms with Crippen LogP contribution in [0.3, 0.4) is 0 Å². The van der Waals surface area contributed by atoms with Crippen LogP contribution in [0.25, 0.3) is 0 Å². The number of nitrogens with zero attached hydrogens (tertiary/aromatic N) is 2. The third kappa shape index (κ3) is 5.60. The van der Waals surface area contributed by atoms with Crippen LogP contribution in [0.2, 0.25) is 0 Å². The molecule has 0 radical (unpaired) electrons. The van der Waals surface area contributed by atoms with Gasteiger partial charge in [0, 0.05) is 25.8 Å². The number of pyridine rings is 1. The molecule has 1 rings (SSSR count). The van der Waals surface area contributed by atoms with E-state index in [4.69, 9.17) is 0 Å². The summed E-state index contributed by atoms with van der Waals surface area (Å²) in [5.74, 6) is 1.82. The van der Waals surface area contributed by atoms with Crippen molar-refractivity contribution in [2.24, 2.45) is 5.92 Å².